The van der Waals surface area contributed by atoms with Crippen molar-refractivity contribution >= 4 is 71.4 Å². The molecule has 0 aliphatic rings. The van der Waals surface area contributed by atoms with E-state index >= 15 is 0 Å². The summed E-state index contributed by atoms with van der Waals surface area (Å²) in [5.74, 6) is 0. The van der Waals surface area contributed by atoms with E-state index in [2.05, 4.69) is 174 Å². The Kier molecular flexibility index (Phi) is 6.49. The summed E-state index contributed by atoms with van der Waals surface area (Å²) >= 11 is 0. The van der Waals surface area contributed by atoms with Crippen molar-refractivity contribution in [3.05, 3.63) is 182 Å². The summed E-state index contributed by atoms with van der Waals surface area (Å²) in [7, 11) is 0. The fourth-order valence-corrected chi connectivity index (χ4v) is 7.48. The highest BCUT2D eigenvalue weighted by molar-refractivity contribution is 6.12. The molecule has 10 aromatic rings. The molecule has 2 heterocycles. The average Bonchev–Trinajstić information content (AvgIpc) is 3.55. The first-order valence-electron chi connectivity index (χ1n) is 17.0. The number of nitrogens with zero attached hydrogens (tertiary/aromatic N) is 2. The molecule has 0 unspecified atom stereocenters. The Hall–Kier alpha value is -6.71. The number of furan rings is 1. The maximum Gasteiger partial charge on any atom is 0.153 e. The van der Waals surface area contributed by atoms with Crippen LogP contribution >= 0.6 is 0 Å². The lowest BCUT2D eigenvalue weighted by Gasteiger charge is -2.29. The Bertz CT molecular complexity index is 2880. The fraction of sp³-hybridized carbons (Fsp3) is 0. The predicted molar refractivity (Wildman–Crippen MR) is 210 cm³/mol. The smallest absolute Gasteiger partial charge is 0.153 e. The molecule has 0 saturated heterocycles. The van der Waals surface area contributed by atoms with Crippen LogP contribution in [0.15, 0.2) is 187 Å². The standard InChI is InChI=1S/C47H30N2O/c1-2-12-34-28-35(22-21-31(34)10-1)32-23-25-37(26-24-32)49(43-18-6-5-16-40(43)39-17-7-13-33-11-3-4-15-38(33)39)44-19-8-14-36-29-42-46(30-41(36)44)50-45-20-9-27-48-47(42)45/h1-30H. The summed E-state index contributed by atoms with van der Waals surface area (Å²) in [6.45, 7) is 0. The quantitative estimate of drug-likeness (QED) is 0.188. The number of fused-ring (bicyclic) bond motifs is 6. The van der Waals surface area contributed by atoms with Gasteiger partial charge in [0.15, 0.2) is 5.58 Å². The van der Waals surface area contributed by atoms with E-state index < -0.39 is 0 Å². The lowest BCUT2D eigenvalue weighted by atomic mass is 9.95. The SMILES string of the molecule is c1ccc(N(c2ccc(-c3ccc4ccccc4c3)cc2)c2cccc3cc4c(cc23)oc2cccnc24)c(-c2cccc3ccccc23)c1. The molecule has 0 radical (unpaired) electrons. The summed E-state index contributed by atoms with van der Waals surface area (Å²) < 4.78 is 6.36. The van der Waals surface area contributed by atoms with Crippen LogP contribution in [-0.4, -0.2) is 4.98 Å². The summed E-state index contributed by atoms with van der Waals surface area (Å²) in [5, 5.41) is 8.18. The number of anilines is 3. The van der Waals surface area contributed by atoms with Crippen molar-refractivity contribution < 1.29 is 4.42 Å². The monoisotopic (exact) mass is 638 g/mol. The molecule has 8 aromatic carbocycles. The van der Waals surface area contributed by atoms with E-state index in [1.165, 1.54) is 38.2 Å². The molecule has 234 valence electrons. The summed E-state index contributed by atoms with van der Waals surface area (Å²) in [6.07, 6.45) is 1.82. The first-order chi connectivity index (χ1) is 24.8. The fourth-order valence-electron chi connectivity index (χ4n) is 7.48. The van der Waals surface area contributed by atoms with Crippen molar-refractivity contribution in [1.82, 2.24) is 4.98 Å². The molecule has 0 aliphatic heterocycles. The van der Waals surface area contributed by atoms with Crippen LogP contribution in [0.5, 0.6) is 0 Å². The van der Waals surface area contributed by atoms with E-state index in [9.17, 15) is 0 Å². The zero-order chi connectivity index (χ0) is 33.0. The van der Waals surface area contributed by atoms with Gasteiger partial charge in [-0.2, -0.15) is 0 Å². The Morgan fingerprint density at radius 1 is 0.400 bits per heavy atom. The molecule has 0 fully saturated rings. The van der Waals surface area contributed by atoms with Crippen molar-refractivity contribution in [2.24, 2.45) is 0 Å². The zero-order valence-corrected chi connectivity index (χ0v) is 27.1. The van der Waals surface area contributed by atoms with E-state index in [4.69, 9.17) is 4.42 Å². The maximum absolute atomic E-state index is 6.36. The molecule has 10 rings (SSSR count). The van der Waals surface area contributed by atoms with Gasteiger partial charge in [0.05, 0.1) is 11.4 Å². The summed E-state index contributed by atoms with van der Waals surface area (Å²) in [6, 6.07) is 62.9. The van der Waals surface area contributed by atoms with E-state index in [0.717, 1.165) is 55.5 Å². The number of hydrogen-bond donors (Lipinski definition) is 0. The molecule has 0 saturated carbocycles. The Morgan fingerprint density at radius 2 is 1.10 bits per heavy atom. The Balaban J connectivity index is 1.20. The van der Waals surface area contributed by atoms with Gasteiger partial charge in [-0.05, 0) is 98.2 Å². The van der Waals surface area contributed by atoms with E-state index in [0.29, 0.717) is 0 Å². The minimum absolute atomic E-state index is 0.793. The lowest BCUT2D eigenvalue weighted by Crippen LogP contribution is -2.11. The molecule has 0 atom stereocenters. The first kappa shape index (κ1) is 28.3. The minimum atomic E-state index is 0.793. The van der Waals surface area contributed by atoms with Gasteiger partial charge in [-0.3, -0.25) is 4.98 Å². The van der Waals surface area contributed by atoms with E-state index in [1.54, 1.807) is 0 Å². The number of para-hydroxylation sites is 1. The van der Waals surface area contributed by atoms with Gasteiger partial charge in [-0.25, -0.2) is 0 Å². The van der Waals surface area contributed by atoms with Crippen LogP contribution in [0.2, 0.25) is 0 Å². The Labute approximate surface area is 289 Å². The van der Waals surface area contributed by atoms with E-state index in [1.807, 2.05) is 18.3 Å². The molecule has 3 nitrogen and oxygen atoms in total. The second-order valence-corrected chi connectivity index (χ2v) is 12.8. The predicted octanol–water partition coefficient (Wildman–Crippen LogP) is 13.2. The Morgan fingerprint density at radius 3 is 2.02 bits per heavy atom. The number of pyridine rings is 1. The van der Waals surface area contributed by atoms with Crippen LogP contribution in [0.25, 0.3) is 76.6 Å². The molecular weight excluding hydrogens is 609 g/mol. The number of aromatic nitrogens is 1. The number of hydrogen-bond acceptors (Lipinski definition) is 3. The van der Waals surface area contributed by atoms with Crippen LogP contribution in [0, 0.1) is 0 Å². The molecular formula is C47H30N2O. The normalized spacial score (nSPS) is 11.6. The van der Waals surface area contributed by atoms with Gasteiger partial charge < -0.3 is 9.32 Å². The summed E-state index contributed by atoms with van der Waals surface area (Å²) in [4.78, 5) is 7.04. The molecule has 0 N–H and O–H groups in total. The van der Waals surface area contributed by atoms with Crippen molar-refractivity contribution in [2.45, 2.75) is 0 Å². The number of benzene rings is 8. The van der Waals surface area contributed by atoms with Crippen LogP contribution in [-0.2, 0) is 0 Å². The second kappa shape index (κ2) is 11.5. The lowest BCUT2D eigenvalue weighted by molar-refractivity contribution is 0.668. The molecule has 2 aromatic heterocycles. The van der Waals surface area contributed by atoms with Gasteiger partial charge in [0, 0.05) is 28.2 Å². The number of rotatable bonds is 5. The van der Waals surface area contributed by atoms with Gasteiger partial charge in [-0.15, -0.1) is 0 Å². The molecule has 0 bridgehead atoms. The van der Waals surface area contributed by atoms with Crippen molar-refractivity contribution in [3.8, 4) is 22.3 Å². The zero-order valence-electron chi connectivity index (χ0n) is 27.1. The van der Waals surface area contributed by atoms with Crippen LogP contribution in [0.1, 0.15) is 0 Å². The topological polar surface area (TPSA) is 29.3 Å². The minimum Gasteiger partial charge on any atom is -0.454 e. The highest BCUT2D eigenvalue weighted by atomic mass is 16.3. The van der Waals surface area contributed by atoms with E-state index in [-0.39, 0.29) is 0 Å². The van der Waals surface area contributed by atoms with Crippen LogP contribution in [0.3, 0.4) is 0 Å². The molecule has 50 heavy (non-hydrogen) atoms. The molecule has 3 heteroatoms. The van der Waals surface area contributed by atoms with Crippen molar-refractivity contribution in [3.63, 3.8) is 0 Å². The summed E-state index contributed by atoms with van der Waals surface area (Å²) in [5.41, 5.74) is 10.5. The maximum atomic E-state index is 6.36. The van der Waals surface area contributed by atoms with Crippen LogP contribution in [0.4, 0.5) is 17.1 Å². The van der Waals surface area contributed by atoms with Gasteiger partial charge in [0.25, 0.3) is 0 Å². The second-order valence-electron chi connectivity index (χ2n) is 12.8. The van der Waals surface area contributed by atoms with Gasteiger partial charge in [0.1, 0.15) is 11.1 Å². The van der Waals surface area contributed by atoms with Gasteiger partial charge >= 0.3 is 0 Å². The molecule has 0 aliphatic carbocycles. The molecule has 0 spiro atoms. The van der Waals surface area contributed by atoms with Crippen molar-refractivity contribution in [1.29, 1.82) is 0 Å². The highest BCUT2D eigenvalue weighted by Gasteiger charge is 2.21. The third kappa shape index (κ3) is 4.63. The van der Waals surface area contributed by atoms with Crippen LogP contribution < -0.4 is 4.90 Å². The third-order valence-corrected chi connectivity index (χ3v) is 9.88. The largest absolute Gasteiger partial charge is 0.454 e. The van der Waals surface area contributed by atoms with Crippen molar-refractivity contribution in [2.75, 3.05) is 4.90 Å². The average molecular weight is 639 g/mol. The molecule has 0 amide bonds. The van der Waals surface area contributed by atoms with Gasteiger partial charge in [-0.1, -0.05) is 121 Å². The third-order valence-electron chi connectivity index (χ3n) is 9.88. The first-order valence-corrected chi connectivity index (χ1v) is 17.0. The highest BCUT2D eigenvalue weighted by Crippen LogP contribution is 2.46. The van der Waals surface area contributed by atoms with Gasteiger partial charge in [0.2, 0.25) is 0 Å².